The number of hydrogen-bond acceptors (Lipinski definition) is 5. The molecule has 1 saturated heterocycles. The maximum atomic E-state index is 14.1. The molecule has 2 heterocycles. The standard InChI is InChI=1S/C22H31Cl2F2N5O2S/c1-15-20(16(2)29(4)27-15)31(22(25)26)34(32,33)21-18(23)13-17(14-19(21)24)7-5-9-30-10-6-8-28(3)11-12-30/h13-14,22H,5-12H2,1-4H3. The fourth-order valence-electron chi connectivity index (χ4n) is 4.34. The lowest BCUT2D eigenvalue weighted by Crippen LogP contribution is -2.36. The fraction of sp³-hybridized carbons (Fsp3) is 0.591. The van der Waals surface area contributed by atoms with Gasteiger partial charge in [-0.05, 0) is 77.5 Å². The summed E-state index contributed by atoms with van der Waals surface area (Å²) < 4.78 is 56.3. The van der Waals surface area contributed by atoms with Crippen LogP contribution >= 0.6 is 23.2 Å². The van der Waals surface area contributed by atoms with Crippen LogP contribution in [0.4, 0.5) is 14.5 Å². The molecule has 1 aliphatic heterocycles. The molecule has 0 N–H and O–H groups in total. The molecular weight excluding hydrogens is 507 g/mol. The molecule has 1 fully saturated rings. The third-order valence-corrected chi connectivity index (χ3v) is 8.83. The largest absolute Gasteiger partial charge is 0.328 e. The van der Waals surface area contributed by atoms with Crippen LogP contribution in [-0.4, -0.2) is 74.3 Å². The van der Waals surface area contributed by atoms with E-state index in [9.17, 15) is 17.2 Å². The molecule has 1 aliphatic rings. The van der Waals surface area contributed by atoms with Gasteiger partial charge in [0.25, 0.3) is 10.0 Å². The molecule has 1 aromatic heterocycles. The van der Waals surface area contributed by atoms with Gasteiger partial charge < -0.3 is 9.80 Å². The first-order chi connectivity index (χ1) is 15.9. The van der Waals surface area contributed by atoms with Gasteiger partial charge in [-0.15, -0.1) is 0 Å². The average molecular weight is 538 g/mol. The van der Waals surface area contributed by atoms with Gasteiger partial charge in [0.05, 0.1) is 21.4 Å². The van der Waals surface area contributed by atoms with Gasteiger partial charge in [0.15, 0.2) is 0 Å². The number of aromatic nitrogens is 2. The molecule has 0 spiro atoms. The fourth-order valence-corrected chi connectivity index (χ4v) is 6.97. The molecular formula is C22H31Cl2F2N5O2S. The first-order valence-electron chi connectivity index (χ1n) is 11.1. The van der Waals surface area contributed by atoms with Crippen LogP contribution in [0.5, 0.6) is 0 Å². The summed E-state index contributed by atoms with van der Waals surface area (Å²) in [4.78, 5) is 4.19. The van der Waals surface area contributed by atoms with Gasteiger partial charge in [0.1, 0.15) is 10.6 Å². The summed E-state index contributed by atoms with van der Waals surface area (Å²) in [5, 5.41) is 3.71. The van der Waals surface area contributed by atoms with Gasteiger partial charge in [0.2, 0.25) is 0 Å². The van der Waals surface area contributed by atoms with Crippen molar-refractivity contribution in [2.75, 3.05) is 44.1 Å². The maximum absolute atomic E-state index is 14.1. The van der Waals surface area contributed by atoms with E-state index in [1.807, 2.05) is 0 Å². The Hall–Kier alpha value is -1.46. The van der Waals surface area contributed by atoms with Crippen LogP contribution in [0.3, 0.4) is 0 Å². The lowest BCUT2D eigenvalue weighted by Gasteiger charge is -2.25. The lowest BCUT2D eigenvalue weighted by atomic mass is 10.1. The Morgan fingerprint density at radius 1 is 1.09 bits per heavy atom. The molecule has 0 radical (unpaired) electrons. The quantitative estimate of drug-likeness (QED) is 0.469. The average Bonchev–Trinajstić information content (AvgIpc) is 2.87. The molecule has 12 heteroatoms. The van der Waals surface area contributed by atoms with Gasteiger partial charge in [-0.3, -0.25) is 4.68 Å². The zero-order chi connectivity index (χ0) is 25.2. The minimum absolute atomic E-state index is 0.0494. The van der Waals surface area contributed by atoms with Crippen LogP contribution in [0.2, 0.25) is 10.0 Å². The molecule has 0 bridgehead atoms. The van der Waals surface area contributed by atoms with Crippen molar-refractivity contribution >= 4 is 38.9 Å². The number of halogens is 4. The van der Waals surface area contributed by atoms with Crippen molar-refractivity contribution < 1.29 is 17.2 Å². The third-order valence-electron chi connectivity index (χ3n) is 6.20. The number of hydrogen-bond donors (Lipinski definition) is 0. The monoisotopic (exact) mass is 537 g/mol. The Bertz CT molecular complexity index is 1100. The normalized spacial score (nSPS) is 16.3. The zero-order valence-corrected chi connectivity index (χ0v) is 22.2. The minimum atomic E-state index is -4.76. The first-order valence-corrected chi connectivity index (χ1v) is 13.3. The van der Waals surface area contributed by atoms with Crippen molar-refractivity contribution in [3.05, 3.63) is 39.1 Å². The summed E-state index contributed by atoms with van der Waals surface area (Å²) in [6.45, 7) is 4.72. The number of anilines is 1. The van der Waals surface area contributed by atoms with Crippen LogP contribution in [0.25, 0.3) is 0 Å². The third kappa shape index (κ3) is 5.84. The molecule has 3 rings (SSSR count). The predicted molar refractivity (Wildman–Crippen MR) is 132 cm³/mol. The van der Waals surface area contributed by atoms with E-state index in [2.05, 4.69) is 21.9 Å². The lowest BCUT2D eigenvalue weighted by molar-refractivity contribution is 0.161. The van der Waals surface area contributed by atoms with E-state index in [0.717, 1.165) is 51.1 Å². The van der Waals surface area contributed by atoms with E-state index in [0.29, 0.717) is 6.42 Å². The highest BCUT2D eigenvalue weighted by Gasteiger charge is 2.38. The number of rotatable bonds is 8. The van der Waals surface area contributed by atoms with Crippen LogP contribution < -0.4 is 4.31 Å². The molecule has 0 aliphatic carbocycles. The highest BCUT2D eigenvalue weighted by atomic mass is 35.5. The second kappa shape index (κ2) is 11.1. The SMILES string of the molecule is Cc1nn(C)c(C)c1N(C(F)F)S(=O)(=O)c1c(Cl)cc(CCCN2CCCN(C)CC2)cc1Cl. The minimum Gasteiger partial charge on any atom is -0.305 e. The number of nitrogens with zero attached hydrogens (tertiary/aromatic N) is 5. The second-order valence-corrected chi connectivity index (χ2v) is 11.3. The van der Waals surface area contributed by atoms with Gasteiger partial charge >= 0.3 is 6.55 Å². The zero-order valence-electron chi connectivity index (χ0n) is 19.9. The summed E-state index contributed by atoms with van der Waals surface area (Å²) in [6.07, 6.45) is 2.61. The highest BCUT2D eigenvalue weighted by molar-refractivity contribution is 7.93. The summed E-state index contributed by atoms with van der Waals surface area (Å²) >= 11 is 12.7. The van der Waals surface area contributed by atoms with E-state index in [1.54, 1.807) is 7.05 Å². The van der Waals surface area contributed by atoms with Gasteiger partial charge in [0, 0.05) is 20.1 Å². The first kappa shape index (κ1) is 27.1. The summed E-state index contributed by atoms with van der Waals surface area (Å²) in [7, 11) is -1.08. The van der Waals surface area contributed by atoms with Crippen molar-refractivity contribution in [2.45, 2.75) is 44.6 Å². The summed E-state index contributed by atoms with van der Waals surface area (Å²) in [5.74, 6) is 0. The van der Waals surface area contributed by atoms with E-state index in [4.69, 9.17) is 23.2 Å². The Balaban J connectivity index is 1.82. The maximum Gasteiger partial charge on any atom is 0.328 e. The van der Waals surface area contributed by atoms with Crippen LogP contribution in [0.15, 0.2) is 17.0 Å². The van der Waals surface area contributed by atoms with Crippen molar-refractivity contribution in [1.82, 2.24) is 19.6 Å². The smallest absolute Gasteiger partial charge is 0.305 e. The summed E-state index contributed by atoms with van der Waals surface area (Å²) in [6, 6.07) is 3.01. The topological polar surface area (TPSA) is 61.7 Å². The van der Waals surface area contributed by atoms with E-state index in [-0.39, 0.29) is 31.4 Å². The van der Waals surface area contributed by atoms with Crippen LogP contribution in [-0.2, 0) is 23.5 Å². The van der Waals surface area contributed by atoms with E-state index in [1.165, 1.54) is 30.7 Å². The molecule has 34 heavy (non-hydrogen) atoms. The Morgan fingerprint density at radius 2 is 1.74 bits per heavy atom. The molecule has 190 valence electrons. The van der Waals surface area contributed by atoms with Gasteiger partial charge in [-0.2, -0.15) is 13.9 Å². The van der Waals surface area contributed by atoms with E-state index >= 15 is 0 Å². The number of benzene rings is 1. The molecule has 2 aromatic rings. The highest BCUT2D eigenvalue weighted by Crippen LogP contribution is 2.38. The number of alkyl halides is 2. The Morgan fingerprint density at radius 3 is 2.29 bits per heavy atom. The van der Waals surface area contributed by atoms with Crippen molar-refractivity contribution in [1.29, 1.82) is 0 Å². The van der Waals surface area contributed by atoms with E-state index < -0.39 is 21.5 Å². The van der Waals surface area contributed by atoms with Gasteiger partial charge in [-0.25, -0.2) is 12.7 Å². The Labute approximate surface area is 210 Å². The van der Waals surface area contributed by atoms with Crippen molar-refractivity contribution in [3.8, 4) is 0 Å². The number of aryl methyl sites for hydroxylation is 3. The molecule has 7 nitrogen and oxygen atoms in total. The predicted octanol–water partition coefficient (Wildman–Crippen LogP) is 4.33. The number of likely N-dealkylation sites (N-methyl/N-ethyl adjacent to an activating group) is 1. The Kier molecular flexibility index (Phi) is 8.84. The van der Waals surface area contributed by atoms with Crippen LogP contribution in [0.1, 0.15) is 29.8 Å². The molecule has 0 unspecified atom stereocenters. The van der Waals surface area contributed by atoms with Crippen molar-refractivity contribution in [3.63, 3.8) is 0 Å². The molecule has 1 aromatic carbocycles. The van der Waals surface area contributed by atoms with Crippen molar-refractivity contribution in [2.24, 2.45) is 7.05 Å². The van der Waals surface area contributed by atoms with Crippen LogP contribution in [0, 0.1) is 13.8 Å². The number of sulfonamides is 1. The van der Waals surface area contributed by atoms with Gasteiger partial charge in [-0.1, -0.05) is 23.2 Å². The molecule has 0 amide bonds. The second-order valence-electron chi connectivity index (χ2n) is 8.71. The molecule has 0 atom stereocenters. The molecule has 0 saturated carbocycles. The summed E-state index contributed by atoms with van der Waals surface area (Å²) in [5.41, 5.74) is 1.02.